The Bertz CT molecular complexity index is 337. The van der Waals surface area contributed by atoms with E-state index in [1.807, 2.05) is 0 Å². The van der Waals surface area contributed by atoms with Gasteiger partial charge in [-0.15, -0.1) is 0 Å². The van der Waals surface area contributed by atoms with Crippen molar-refractivity contribution < 1.29 is 13.6 Å². The van der Waals surface area contributed by atoms with Gasteiger partial charge in [0.25, 0.3) is 5.91 Å². The summed E-state index contributed by atoms with van der Waals surface area (Å²) in [6.45, 7) is 0.426. The van der Waals surface area contributed by atoms with Crippen LogP contribution in [0, 0.1) is 11.6 Å². The molecule has 0 aliphatic heterocycles. The predicted molar refractivity (Wildman–Crippen MR) is 62.2 cm³/mol. The van der Waals surface area contributed by atoms with Crippen molar-refractivity contribution in [2.45, 2.75) is 6.42 Å². The summed E-state index contributed by atoms with van der Waals surface area (Å²) in [6.07, 6.45) is 0.780. The third-order valence-electron chi connectivity index (χ3n) is 1.79. The molecule has 2 nitrogen and oxygen atoms in total. The van der Waals surface area contributed by atoms with E-state index in [9.17, 15) is 13.6 Å². The van der Waals surface area contributed by atoms with Crippen molar-refractivity contribution in [3.05, 3.63) is 35.4 Å². The minimum absolute atomic E-state index is 0.426. The Kier molecular flexibility index (Phi) is 4.93. The molecule has 0 heterocycles. The fourth-order valence-corrected chi connectivity index (χ4v) is 1.45. The highest BCUT2D eigenvalue weighted by Gasteiger charge is 2.15. The first-order valence-electron chi connectivity index (χ1n) is 4.45. The monoisotopic (exact) mass is 325 g/mol. The topological polar surface area (TPSA) is 29.1 Å². The normalized spacial score (nSPS) is 10.1. The highest BCUT2D eigenvalue weighted by Crippen LogP contribution is 2.11. The highest BCUT2D eigenvalue weighted by molar-refractivity contribution is 14.1. The van der Waals surface area contributed by atoms with Crippen molar-refractivity contribution in [1.82, 2.24) is 5.32 Å². The molecule has 1 aromatic rings. The lowest BCUT2D eigenvalue weighted by Crippen LogP contribution is -2.26. The van der Waals surface area contributed by atoms with E-state index in [1.54, 1.807) is 0 Å². The number of benzene rings is 1. The number of hydrogen-bond acceptors (Lipinski definition) is 1. The zero-order chi connectivity index (χ0) is 11.3. The van der Waals surface area contributed by atoms with Crippen LogP contribution >= 0.6 is 22.6 Å². The summed E-state index contributed by atoms with van der Waals surface area (Å²) in [5.41, 5.74) is -0.508. The third kappa shape index (κ3) is 3.40. The Balaban J connectivity index is 2.73. The molecule has 0 aliphatic rings. The fourth-order valence-electron chi connectivity index (χ4n) is 1.07. The first-order chi connectivity index (χ1) is 7.16. The molecule has 0 aromatic heterocycles. The van der Waals surface area contributed by atoms with E-state index in [0.717, 1.165) is 23.0 Å². The Hall–Kier alpha value is -0.720. The van der Waals surface area contributed by atoms with Crippen LogP contribution in [0.3, 0.4) is 0 Å². The number of halogens is 3. The number of carbonyl (C=O) groups is 1. The van der Waals surface area contributed by atoms with Gasteiger partial charge in [0.2, 0.25) is 0 Å². The van der Waals surface area contributed by atoms with Gasteiger partial charge in [0.1, 0.15) is 17.2 Å². The van der Waals surface area contributed by atoms with Crippen molar-refractivity contribution in [3.8, 4) is 0 Å². The van der Waals surface area contributed by atoms with Gasteiger partial charge >= 0.3 is 0 Å². The molecule has 0 unspecified atom stereocenters. The lowest BCUT2D eigenvalue weighted by molar-refractivity contribution is 0.0945. The molecule has 0 atom stereocenters. The van der Waals surface area contributed by atoms with Gasteiger partial charge < -0.3 is 5.32 Å². The van der Waals surface area contributed by atoms with Crippen LogP contribution in [0.2, 0.25) is 0 Å². The second-order valence-corrected chi connectivity index (χ2v) is 3.97. The van der Waals surface area contributed by atoms with E-state index in [0.29, 0.717) is 6.54 Å². The smallest absolute Gasteiger partial charge is 0.257 e. The summed E-state index contributed by atoms with van der Waals surface area (Å²) in [7, 11) is 0. The first kappa shape index (κ1) is 12.4. The maximum atomic E-state index is 13.1. The van der Waals surface area contributed by atoms with Crippen LogP contribution in [-0.4, -0.2) is 16.9 Å². The molecule has 0 fully saturated rings. The lowest BCUT2D eigenvalue weighted by atomic mass is 10.2. The number of amides is 1. The number of nitrogens with one attached hydrogen (secondary N) is 1. The molecule has 0 spiro atoms. The molecule has 1 rings (SSSR count). The Morgan fingerprint density at radius 1 is 1.33 bits per heavy atom. The molecular formula is C10H10F2INO. The van der Waals surface area contributed by atoms with Gasteiger partial charge in [0.05, 0.1) is 0 Å². The van der Waals surface area contributed by atoms with Crippen LogP contribution in [0.15, 0.2) is 18.2 Å². The highest BCUT2D eigenvalue weighted by atomic mass is 127. The summed E-state index contributed by atoms with van der Waals surface area (Å²) in [6, 6.07) is 3.36. The molecule has 0 aliphatic carbocycles. The van der Waals surface area contributed by atoms with Crippen molar-refractivity contribution in [2.24, 2.45) is 0 Å². The molecule has 1 amide bonds. The van der Waals surface area contributed by atoms with Crippen LogP contribution in [0.1, 0.15) is 16.8 Å². The zero-order valence-corrected chi connectivity index (χ0v) is 10.1. The lowest BCUT2D eigenvalue weighted by Gasteiger charge is -2.05. The van der Waals surface area contributed by atoms with E-state index >= 15 is 0 Å². The summed E-state index contributed by atoms with van der Waals surface area (Å²) in [5, 5.41) is 2.46. The molecule has 15 heavy (non-hydrogen) atoms. The quantitative estimate of drug-likeness (QED) is 0.514. The van der Waals surface area contributed by atoms with Gasteiger partial charge in [-0.05, 0) is 18.6 Å². The largest absolute Gasteiger partial charge is 0.352 e. The maximum Gasteiger partial charge on any atom is 0.257 e. The molecule has 0 saturated carbocycles. The molecular weight excluding hydrogens is 315 g/mol. The Morgan fingerprint density at radius 3 is 2.47 bits per heavy atom. The van der Waals surface area contributed by atoms with Crippen LogP contribution in [-0.2, 0) is 0 Å². The van der Waals surface area contributed by atoms with Crippen molar-refractivity contribution in [2.75, 3.05) is 11.0 Å². The van der Waals surface area contributed by atoms with Crippen molar-refractivity contribution in [1.29, 1.82) is 0 Å². The van der Waals surface area contributed by atoms with Crippen LogP contribution in [0.25, 0.3) is 0 Å². The van der Waals surface area contributed by atoms with E-state index in [-0.39, 0.29) is 0 Å². The first-order valence-corrected chi connectivity index (χ1v) is 5.97. The van der Waals surface area contributed by atoms with E-state index in [1.165, 1.54) is 6.07 Å². The fraction of sp³-hybridized carbons (Fsp3) is 0.300. The minimum atomic E-state index is -0.832. The van der Waals surface area contributed by atoms with Crippen LogP contribution in [0.5, 0.6) is 0 Å². The summed E-state index contributed by atoms with van der Waals surface area (Å²) < 4.78 is 27.1. The van der Waals surface area contributed by atoms with Gasteiger partial charge in [-0.2, -0.15) is 0 Å². The summed E-state index contributed by atoms with van der Waals surface area (Å²) in [5.74, 6) is -2.36. The molecule has 1 N–H and O–H groups in total. The standard InChI is InChI=1S/C10H10F2INO/c11-7-3-1-4-8(12)9(7)10(15)14-6-2-5-13/h1,3-4H,2,5-6H2,(H,14,15). The average molecular weight is 325 g/mol. The maximum absolute atomic E-state index is 13.1. The Morgan fingerprint density at radius 2 is 1.93 bits per heavy atom. The van der Waals surface area contributed by atoms with E-state index in [4.69, 9.17) is 0 Å². The molecule has 0 bridgehead atoms. The van der Waals surface area contributed by atoms with Crippen molar-refractivity contribution >= 4 is 28.5 Å². The summed E-state index contributed by atoms with van der Waals surface area (Å²) >= 11 is 2.16. The minimum Gasteiger partial charge on any atom is -0.352 e. The van der Waals surface area contributed by atoms with Crippen molar-refractivity contribution in [3.63, 3.8) is 0 Å². The second kappa shape index (κ2) is 5.99. The molecule has 0 saturated heterocycles. The van der Waals surface area contributed by atoms with Gasteiger partial charge in [0.15, 0.2) is 0 Å². The van der Waals surface area contributed by atoms with E-state index in [2.05, 4.69) is 27.9 Å². The molecule has 1 aromatic carbocycles. The second-order valence-electron chi connectivity index (χ2n) is 2.90. The van der Waals surface area contributed by atoms with Crippen LogP contribution < -0.4 is 5.32 Å². The Labute approximate surface area is 100 Å². The number of carbonyl (C=O) groups excluding carboxylic acids is 1. The molecule has 5 heteroatoms. The zero-order valence-electron chi connectivity index (χ0n) is 7.90. The van der Waals surface area contributed by atoms with Gasteiger partial charge in [-0.1, -0.05) is 28.7 Å². The van der Waals surface area contributed by atoms with E-state index < -0.39 is 23.1 Å². The van der Waals surface area contributed by atoms with Gasteiger partial charge in [0, 0.05) is 11.0 Å². The predicted octanol–water partition coefficient (Wildman–Crippen LogP) is 2.52. The number of rotatable bonds is 4. The summed E-state index contributed by atoms with van der Waals surface area (Å²) in [4.78, 5) is 11.4. The third-order valence-corrected chi connectivity index (χ3v) is 2.55. The number of hydrogen-bond donors (Lipinski definition) is 1. The average Bonchev–Trinajstić information content (AvgIpc) is 2.18. The molecule has 82 valence electrons. The SMILES string of the molecule is O=C(NCCCI)c1c(F)cccc1F. The number of alkyl halides is 1. The van der Waals surface area contributed by atoms with Gasteiger partial charge in [-0.25, -0.2) is 8.78 Å². The van der Waals surface area contributed by atoms with Gasteiger partial charge in [-0.3, -0.25) is 4.79 Å². The van der Waals surface area contributed by atoms with Crippen LogP contribution in [0.4, 0.5) is 8.78 Å². The molecule has 0 radical (unpaired) electrons.